The fourth-order valence-corrected chi connectivity index (χ4v) is 5.21. The molecular weight excluding hydrogens is 436 g/mol. The number of rotatable bonds is 3. The summed E-state index contributed by atoms with van der Waals surface area (Å²) in [6.45, 7) is 0.302. The minimum absolute atomic E-state index is 0.245. The van der Waals surface area contributed by atoms with Crippen molar-refractivity contribution in [2.24, 2.45) is 11.1 Å². The molecule has 0 spiro atoms. The van der Waals surface area contributed by atoms with Crippen molar-refractivity contribution in [3.05, 3.63) is 77.0 Å². The Kier molecular flexibility index (Phi) is 4.83. The summed E-state index contributed by atoms with van der Waals surface area (Å²) in [6, 6.07) is 10.9. The molecule has 0 fully saturated rings. The number of aromatic nitrogens is 1. The van der Waals surface area contributed by atoms with E-state index in [9.17, 15) is 22.0 Å². The Morgan fingerprint density at radius 3 is 2.59 bits per heavy atom. The van der Waals surface area contributed by atoms with Crippen molar-refractivity contribution < 1.29 is 22.0 Å². The van der Waals surface area contributed by atoms with Gasteiger partial charge >= 0.3 is 0 Å². The molecule has 0 bridgehead atoms. The van der Waals surface area contributed by atoms with Crippen LogP contribution in [0.25, 0.3) is 11.3 Å². The SMILES string of the molecule is NS(=O)(=O)c1cc2c(cc1F)CCN2C(=O)C1Cc2cc(-c3ccccn3)cc(F)c2C1. The third kappa shape index (κ3) is 3.47. The van der Waals surface area contributed by atoms with Crippen LogP contribution < -0.4 is 10.0 Å². The zero-order valence-electron chi connectivity index (χ0n) is 16.9. The predicted molar refractivity (Wildman–Crippen MR) is 114 cm³/mol. The lowest BCUT2D eigenvalue weighted by Gasteiger charge is -2.21. The number of pyridine rings is 1. The van der Waals surface area contributed by atoms with E-state index in [-0.39, 0.29) is 18.1 Å². The number of carbonyl (C=O) groups excluding carboxylic acids is 1. The molecule has 2 heterocycles. The second-order valence-corrected chi connectivity index (χ2v) is 9.64. The van der Waals surface area contributed by atoms with E-state index in [1.165, 1.54) is 11.0 Å². The van der Waals surface area contributed by atoms with Crippen LogP contribution in [0.1, 0.15) is 16.7 Å². The quantitative estimate of drug-likeness (QED) is 0.657. The maximum absolute atomic E-state index is 14.8. The van der Waals surface area contributed by atoms with Gasteiger partial charge in [-0.2, -0.15) is 0 Å². The molecule has 1 aromatic heterocycles. The lowest BCUT2D eigenvalue weighted by atomic mass is 10.0. The van der Waals surface area contributed by atoms with E-state index >= 15 is 0 Å². The smallest absolute Gasteiger partial charge is 0.241 e. The number of sulfonamides is 1. The lowest BCUT2D eigenvalue weighted by molar-refractivity contribution is -0.122. The number of nitrogens with zero attached hydrogens (tertiary/aromatic N) is 2. The molecule has 1 aliphatic carbocycles. The van der Waals surface area contributed by atoms with Crippen molar-refractivity contribution >= 4 is 21.6 Å². The Balaban J connectivity index is 1.44. The van der Waals surface area contributed by atoms with E-state index in [1.54, 1.807) is 18.3 Å². The van der Waals surface area contributed by atoms with Crippen LogP contribution in [0.2, 0.25) is 0 Å². The van der Waals surface area contributed by atoms with Crippen LogP contribution in [0.3, 0.4) is 0 Å². The van der Waals surface area contributed by atoms with Gasteiger partial charge in [-0.05, 0) is 72.4 Å². The second-order valence-electron chi connectivity index (χ2n) is 8.11. The maximum atomic E-state index is 14.8. The number of nitrogens with two attached hydrogens (primary N) is 1. The molecule has 1 amide bonds. The Morgan fingerprint density at radius 1 is 1.06 bits per heavy atom. The van der Waals surface area contributed by atoms with E-state index in [4.69, 9.17) is 5.14 Å². The first-order valence-corrected chi connectivity index (χ1v) is 11.7. The van der Waals surface area contributed by atoms with Crippen LogP contribution in [0, 0.1) is 17.6 Å². The number of carbonyl (C=O) groups is 1. The van der Waals surface area contributed by atoms with Gasteiger partial charge in [-0.25, -0.2) is 22.3 Å². The van der Waals surface area contributed by atoms with Gasteiger partial charge in [-0.1, -0.05) is 6.07 Å². The van der Waals surface area contributed by atoms with Crippen molar-refractivity contribution in [1.82, 2.24) is 4.98 Å². The highest BCUT2D eigenvalue weighted by Crippen LogP contribution is 2.37. The molecule has 3 aromatic rings. The Morgan fingerprint density at radius 2 is 1.88 bits per heavy atom. The van der Waals surface area contributed by atoms with Crippen LogP contribution >= 0.6 is 0 Å². The summed E-state index contributed by atoms with van der Waals surface area (Å²) < 4.78 is 52.4. The van der Waals surface area contributed by atoms with Crippen LogP contribution in [-0.2, 0) is 34.1 Å². The van der Waals surface area contributed by atoms with E-state index in [1.807, 2.05) is 12.1 Å². The zero-order chi connectivity index (χ0) is 22.6. The molecule has 0 saturated carbocycles. The van der Waals surface area contributed by atoms with Crippen LogP contribution in [0.4, 0.5) is 14.5 Å². The first-order valence-electron chi connectivity index (χ1n) is 10.1. The average Bonchev–Trinajstić information content (AvgIpc) is 3.37. The number of anilines is 1. The van der Waals surface area contributed by atoms with Gasteiger partial charge < -0.3 is 4.90 Å². The molecule has 1 aliphatic heterocycles. The van der Waals surface area contributed by atoms with Gasteiger partial charge in [-0.15, -0.1) is 0 Å². The molecular formula is C23H19F2N3O3S. The van der Waals surface area contributed by atoms with Crippen LogP contribution in [-0.4, -0.2) is 25.9 Å². The van der Waals surface area contributed by atoms with E-state index in [2.05, 4.69) is 4.98 Å². The van der Waals surface area contributed by atoms with E-state index in [0.29, 0.717) is 47.5 Å². The Labute approximate surface area is 183 Å². The molecule has 0 radical (unpaired) electrons. The highest BCUT2D eigenvalue weighted by Gasteiger charge is 2.36. The molecule has 9 heteroatoms. The van der Waals surface area contributed by atoms with Crippen molar-refractivity contribution in [2.45, 2.75) is 24.2 Å². The maximum Gasteiger partial charge on any atom is 0.241 e. The molecule has 164 valence electrons. The van der Waals surface area contributed by atoms with Gasteiger partial charge in [0.05, 0.1) is 5.69 Å². The summed E-state index contributed by atoms with van der Waals surface area (Å²) in [5.74, 6) is -2.05. The summed E-state index contributed by atoms with van der Waals surface area (Å²) in [7, 11) is -4.27. The Bertz CT molecular complexity index is 1360. The van der Waals surface area contributed by atoms with Gasteiger partial charge in [0.25, 0.3) is 0 Å². The van der Waals surface area contributed by atoms with Gasteiger partial charge in [-0.3, -0.25) is 9.78 Å². The Hall–Kier alpha value is -3.17. The third-order valence-corrected chi connectivity index (χ3v) is 7.04. The second kappa shape index (κ2) is 7.46. The van der Waals surface area contributed by atoms with Gasteiger partial charge in [0.15, 0.2) is 0 Å². The van der Waals surface area contributed by atoms with Gasteiger partial charge in [0.1, 0.15) is 16.5 Å². The predicted octanol–water partition coefficient (Wildman–Crippen LogP) is 2.98. The number of benzene rings is 2. The summed E-state index contributed by atoms with van der Waals surface area (Å²) in [5, 5.41) is 5.11. The molecule has 5 rings (SSSR count). The highest BCUT2D eigenvalue weighted by atomic mass is 32.2. The molecule has 2 aromatic carbocycles. The number of fused-ring (bicyclic) bond motifs is 2. The highest BCUT2D eigenvalue weighted by molar-refractivity contribution is 7.89. The molecule has 32 heavy (non-hydrogen) atoms. The number of hydrogen-bond acceptors (Lipinski definition) is 4. The molecule has 0 saturated heterocycles. The summed E-state index contributed by atoms with van der Waals surface area (Å²) >= 11 is 0. The standard InChI is InChI=1S/C23H19F2N3O3S/c24-18-11-15(20-3-1-2-5-27-20)7-14-8-16(9-17(14)18)23(29)28-6-4-13-10-19(25)22(12-21(13)28)32(26,30)31/h1-3,5,7,10-12,16H,4,6,8-9H2,(H2,26,30,31). The van der Waals surface area contributed by atoms with Crippen molar-refractivity contribution in [2.75, 3.05) is 11.4 Å². The molecule has 6 nitrogen and oxygen atoms in total. The summed E-state index contributed by atoms with van der Waals surface area (Å²) in [4.78, 5) is 18.4. The number of amides is 1. The first kappa shape index (κ1) is 20.7. The van der Waals surface area contributed by atoms with Gasteiger partial charge in [0.2, 0.25) is 15.9 Å². The zero-order valence-corrected chi connectivity index (χ0v) is 17.7. The first-order chi connectivity index (χ1) is 15.2. The largest absolute Gasteiger partial charge is 0.312 e. The average molecular weight is 455 g/mol. The van der Waals surface area contributed by atoms with Crippen molar-refractivity contribution in [3.8, 4) is 11.3 Å². The molecule has 2 aliphatic rings. The van der Waals surface area contributed by atoms with Crippen molar-refractivity contribution in [1.29, 1.82) is 0 Å². The lowest BCUT2D eigenvalue weighted by Crippen LogP contribution is -2.35. The van der Waals surface area contributed by atoms with Crippen LogP contribution in [0.15, 0.2) is 53.6 Å². The number of primary sulfonamides is 1. The third-order valence-electron chi connectivity index (χ3n) is 6.12. The summed E-state index contributed by atoms with van der Waals surface area (Å²) in [5.41, 5.74) is 3.44. The fraction of sp³-hybridized carbons (Fsp3) is 0.217. The van der Waals surface area contributed by atoms with Crippen LogP contribution in [0.5, 0.6) is 0 Å². The molecule has 1 atom stereocenters. The van der Waals surface area contributed by atoms with E-state index in [0.717, 1.165) is 17.7 Å². The normalized spacial score (nSPS) is 17.3. The summed E-state index contributed by atoms with van der Waals surface area (Å²) in [6.07, 6.45) is 2.65. The molecule has 2 N–H and O–H groups in total. The van der Waals surface area contributed by atoms with Gasteiger partial charge in [0, 0.05) is 29.9 Å². The molecule has 1 unspecified atom stereocenters. The minimum atomic E-state index is -4.27. The number of hydrogen-bond donors (Lipinski definition) is 1. The van der Waals surface area contributed by atoms with E-state index < -0.39 is 26.7 Å². The number of halogens is 2. The topological polar surface area (TPSA) is 93.4 Å². The minimum Gasteiger partial charge on any atom is -0.312 e. The van der Waals surface area contributed by atoms with Crippen molar-refractivity contribution in [3.63, 3.8) is 0 Å². The fourth-order valence-electron chi connectivity index (χ4n) is 4.60. The monoisotopic (exact) mass is 455 g/mol.